The topological polar surface area (TPSA) is 71.9 Å². The average molecular weight is 426 g/mol. The van der Waals surface area contributed by atoms with E-state index in [2.05, 4.69) is 21.1 Å². The van der Waals surface area contributed by atoms with Gasteiger partial charge in [0.15, 0.2) is 11.2 Å². The fraction of sp³-hybridized carbons (Fsp3) is 0.0588. The van der Waals surface area contributed by atoms with E-state index in [9.17, 15) is 18.0 Å². The zero-order valence-corrected chi connectivity index (χ0v) is 14.5. The first kappa shape index (κ1) is 18.2. The summed E-state index contributed by atoms with van der Waals surface area (Å²) in [6.45, 7) is 0. The third-order valence-electron chi connectivity index (χ3n) is 3.96. The molecule has 0 fully saturated rings. The number of alkyl halides is 3. The van der Waals surface area contributed by atoms with Crippen LogP contribution in [0.15, 0.2) is 63.9 Å². The lowest BCUT2D eigenvalue weighted by Crippen LogP contribution is -2.26. The second-order valence-corrected chi connectivity index (χ2v) is 6.37. The summed E-state index contributed by atoms with van der Waals surface area (Å²) in [6.07, 6.45) is -4.48. The van der Waals surface area contributed by atoms with Gasteiger partial charge in [-0.2, -0.15) is 13.2 Å². The maximum atomic E-state index is 12.9. The molecule has 2 aromatic heterocycles. The smallest absolute Gasteiger partial charge is 0.416 e. The van der Waals surface area contributed by atoms with Gasteiger partial charge in [0.25, 0.3) is 0 Å². The Labute approximate surface area is 152 Å². The van der Waals surface area contributed by atoms with Crippen LogP contribution in [0.5, 0.6) is 0 Å². The third-order valence-corrected chi connectivity index (χ3v) is 4.62. The highest BCUT2D eigenvalue weighted by molar-refractivity contribution is 9.10. The fourth-order valence-electron chi connectivity index (χ4n) is 2.78. The Morgan fingerprint density at radius 2 is 1.73 bits per heavy atom. The summed E-state index contributed by atoms with van der Waals surface area (Å²) in [5.41, 5.74) is -0.0845. The van der Waals surface area contributed by atoms with Gasteiger partial charge in [0.05, 0.1) is 5.56 Å². The van der Waals surface area contributed by atoms with E-state index in [0.29, 0.717) is 5.52 Å². The first-order valence-electron chi connectivity index (χ1n) is 7.28. The van der Waals surface area contributed by atoms with Crippen molar-refractivity contribution in [3.63, 3.8) is 0 Å². The number of rotatable bonds is 1. The molecular formula is C17H11BrF3N3O2. The number of nitrogens with one attached hydrogen (secondary N) is 1. The average Bonchev–Trinajstić information content (AvgIpc) is 2.92. The molecule has 4 aromatic rings. The molecule has 0 atom stereocenters. The summed E-state index contributed by atoms with van der Waals surface area (Å²) in [4.78, 5) is 12.7. The maximum Gasteiger partial charge on any atom is 0.416 e. The summed E-state index contributed by atoms with van der Waals surface area (Å²) < 4.78 is 42.2. The number of pyridine rings is 1. The van der Waals surface area contributed by atoms with Crippen LogP contribution in [0.4, 0.5) is 13.2 Å². The summed E-state index contributed by atoms with van der Waals surface area (Å²) in [5.74, 6) is 0. The predicted octanol–water partition coefficient (Wildman–Crippen LogP) is 3.66. The first-order valence-corrected chi connectivity index (χ1v) is 8.07. The van der Waals surface area contributed by atoms with Gasteiger partial charge in [0, 0.05) is 15.9 Å². The Morgan fingerprint density at radius 1 is 1.00 bits per heavy atom. The molecule has 0 amide bonds. The van der Waals surface area contributed by atoms with Crippen LogP contribution in [0.2, 0.25) is 0 Å². The van der Waals surface area contributed by atoms with Gasteiger partial charge < -0.3 is 5.48 Å². The van der Waals surface area contributed by atoms with Crippen molar-refractivity contribution in [2.45, 2.75) is 6.18 Å². The minimum atomic E-state index is -4.48. The van der Waals surface area contributed by atoms with Crippen molar-refractivity contribution in [2.75, 3.05) is 0 Å². The second kappa shape index (κ2) is 6.26. The zero-order chi connectivity index (χ0) is 17.8. The van der Waals surface area contributed by atoms with E-state index in [1.807, 2.05) is 24.3 Å². The normalized spacial score (nSPS) is 11.7. The molecule has 4 rings (SSSR count). The van der Waals surface area contributed by atoms with Gasteiger partial charge in [-0.3, -0.25) is 0 Å². The molecule has 0 saturated heterocycles. The van der Waals surface area contributed by atoms with Crippen LogP contribution < -0.4 is 10.1 Å². The van der Waals surface area contributed by atoms with Crippen molar-refractivity contribution in [3.8, 4) is 5.69 Å². The van der Waals surface area contributed by atoms with Crippen LogP contribution in [0, 0.1) is 0 Å². The van der Waals surface area contributed by atoms with Crippen molar-refractivity contribution in [2.24, 2.45) is 0 Å². The second-order valence-electron chi connectivity index (χ2n) is 5.52. The molecule has 9 heteroatoms. The number of H-pyrrole nitrogens is 1. The number of benzene rings is 2. The molecule has 2 heterocycles. The molecule has 0 spiro atoms. The van der Waals surface area contributed by atoms with E-state index >= 15 is 0 Å². The van der Waals surface area contributed by atoms with Crippen LogP contribution >= 0.6 is 15.9 Å². The first-order chi connectivity index (χ1) is 11.9. The summed E-state index contributed by atoms with van der Waals surface area (Å²) >= 11 is 3.43. The van der Waals surface area contributed by atoms with E-state index in [-0.39, 0.29) is 11.2 Å². The number of hydrogen-bond donors (Lipinski definition) is 1. The van der Waals surface area contributed by atoms with Crippen LogP contribution in [-0.2, 0) is 6.18 Å². The van der Waals surface area contributed by atoms with Gasteiger partial charge in [-0.05, 0) is 46.3 Å². The Bertz CT molecular complexity index is 1180. The van der Waals surface area contributed by atoms with Crippen LogP contribution in [0.3, 0.4) is 0 Å². The minimum absolute atomic E-state index is 0. The van der Waals surface area contributed by atoms with Crippen LogP contribution in [-0.4, -0.2) is 15.4 Å². The van der Waals surface area contributed by atoms with Crippen molar-refractivity contribution in [1.29, 1.82) is 0 Å². The van der Waals surface area contributed by atoms with Gasteiger partial charge in [-0.1, -0.05) is 28.1 Å². The lowest BCUT2D eigenvalue weighted by atomic mass is 10.2. The summed E-state index contributed by atoms with van der Waals surface area (Å²) in [7, 11) is 0. The minimum Gasteiger partial charge on any atom is -0.870 e. The molecule has 0 saturated carbocycles. The maximum absolute atomic E-state index is 12.9. The number of aromatic nitrogens is 3. The molecule has 26 heavy (non-hydrogen) atoms. The van der Waals surface area contributed by atoms with Gasteiger partial charge in [0.2, 0.25) is 5.52 Å². The highest BCUT2D eigenvalue weighted by Gasteiger charge is 2.31. The highest BCUT2D eigenvalue weighted by Crippen LogP contribution is 2.30. The lowest BCUT2D eigenvalue weighted by molar-refractivity contribution is -0.555. The van der Waals surface area contributed by atoms with Gasteiger partial charge in [-0.15, -0.1) is 4.52 Å². The fourth-order valence-corrected chi connectivity index (χ4v) is 3.34. The number of aromatic amines is 1. The zero-order valence-electron chi connectivity index (χ0n) is 13.0. The van der Waals surface area contributed by atoms with E-state index in [1.165, 1.54) is 12.1 Å². The molecule has 2 aromatic carbocycles. The number of hydrogen-bond acceptors (Lipinski definition) is 2. The van der Waals surface area contributed by atoms with E-state index < -0.39 is 17.3 Å². The van der Waals surface area contributed by atoms with Gasteiger partial charge in [-0.25, -0.2) is 4.79 Å². The Balaban J connectivity index is 0.00000196. The molecular weight excluding hydrogens is 415 g/mol. The third kappa shape index (κ3) is 2.78. The molecule has 0 aliphatic carbocycles. The van der Waals surface area contributed by atoms with E-state index in [4.69, 9.17) is 0 Å². The number of fused-ring (bicyclic) bond motifs is 3. The molecule has 2 N–H and O–H groups in total. The predicted molar refractivity (Wildman–Crippen MR) is 91.7 cm³/mol. The lowest BCUT2D eigenvalue weighted by Gasteiger charge is -2.05. The van der Waals surface area contributed by atoms with E-state index in [0.717, 1.165) is 32.2 Å². The molecule has 0 unspecified atom stereocenters. The molecule has 134 valence electrons. The van der Waals surface area contributed by atoms with E-state index in [1.54, 1.807) is 10.6 Å². The number of nitrogens with zero attached hydrogens (tertiary/aromatic N) is 2. The molecule has 0 radical (unpaired) electrons. The quantitative estimate of drug-likeness (QED) is 0.472. The molecule has 0 aliphatic heterocycles. The number of halogens is 4. The molecule has 0 bridgehead atoms. The van der Waals surface area contributed by atoms with Crippen LogP contribution in [0.25, 0.3) is 22.1 Å². The Morgan fingerprint density at radius 3 is 2.46 bits per heavy atom. The Hall–Kier alpha value is -2.65. The van der Waals surface area contributed by atoms with Gasteiger partial charge in [0.1, 0.15) is 0 Å². The highest BCUT2D eigenvalue weighted by atomic mass is 79.9. The van der Waals surface area contributed by atoms with Crippen molar-refractivity contribution >= 4 is 32.3 Å². The van der Waals surface area contributed by atoms with Crippen LogP contribution in [0.1, 0.15) is 5.56 Å². The SMILES string of the molecule is O=c1c2cc(Br)c3ccccc3[n+]2[nH]n1-c1cccc(C(F)(F)F)c1.[OH-]. The number of para-hydroxylation sites is 1. The van der Waals surface area contributed by atoms with Crippen molar-refractivity contribution in [3.05, 3.63) is 75.0 Å². The molecule has 5 nitrogen and oxygen atoms in total. The molecule has 0 aliphatic rings. The summed E-state index contributed by atoms with van der Waals surface area (Å²) in [5, 5.41) is 3.73. The Kier molecular flexibility index (Phi) is 4.37. The van der Waals surface area contributed by atoms with Gasteiger partial charge >= 0.3 is 11.7 Å². The van der Waals surface area contributed by atoms with Crippen molar-refractivity contribution < 1.29 is 23.2 Å². The van der Waals surface area contributed by atoms with Crippen molar-refractivity contribution in [1.82, 2.24) is 9.90 Å². The standard InChI is InChI=1S/C17H9BrF3N3O.H2O/c18-13-9-15-16(25)23(11-5-3-4-10(8-11)17(19,20)21)22-24(15)14-7-2-1-6-12(13)14;/h1-9H;1H2. The summed E-state index contributed by atoms with van der Waals surface area (Å²) in [6, 6.07) is 13.7. The largest absolute Gasteiger partial charge is 0.870 e. The monoisotopic (exact) mass is 425 g/mol.